The van der Waals surface area contributed by atoms with E-state index in [1.54, 1.807) is 0 Å². The van der Waals surface area contributed by atoms with Gasteiger partial charge < -0.3 is 0 Å². The maximum absolute atomic E-state index is 9.85. The number of rotatable bonds is 1. The molecule has 1 aromatic rings. The van der Waals surface area contributed by atoms with Crippen LogP contribution in [0, 0.1) is 0 Å². The highest BCUT2D eigenvalue weighted by molar-refractivity contribution is 4.51. The van der Waals surface area contributed by atoms with Gasteiger partial charge in [0.15, 0.2) is 6.73 Å². The summed E-state index contributed by atoms with van der Waals surface area (Å²) in [5.41, 5.74) is 0. The van der Waals surface area contributed by atoms with Crippen LogP contribution in [0.25, 0.3) is 0 Å². The van der Waals surface area contributed by atoms with Crippen LogP contribution >= 0.6 is 0 Å². The molecular formula is C3H4N3O. The number of hydrogen-bond acceptors (Lipinski definition) is 2. The lowest BCUT2D eigenvalue weighted by Crippen LogP contribution is -1.93. The molecule has 1 heterocycles. The summed E-state index contributed by atoms with van der Waals surface area (Å²) in [5.74, 6) is 0. The van der Waals surface area contributed by atoms with E-state index in [0.29, 0.717) is 0 Å². The first-order valence-electron chi connectivity index (χ1n) is 1.84. The number of nitrogens with zero attached hydrogens (tertiary/aromatic N) is 3. The van der Waals surface area contributed by atoms with Gasteiger partial charge in [-0.25, -0.2) is 14.8 Å². The molecule has 0 unspecified atom stereocenters. The molecule has 4 nitrogen and oxygen atoms in total. The highest BCUT2D eigenvalue weighted by atomic mass is 16.3. The van der Waals surface area contributed by atoms with E-state index >= 15 is 0 Å². The molecule has 0 atom stereocenters. The first-order chi connectivity index (χ1) is 3.43. The second kappa shape index (κ2) is 1.70. The second-order valence-electron chi connectivity index (χ2n) is 1.06. The van der Waals surface area contributed by atoms with Crippen LogP contribution in [0.3, 0.4) is 0 Å². The maximum Gasteiger partial charge on any atom is 0.175 e. The van der Waals surface area contributed by atoms with Gasteiger partial charge in [0.2, 0.25) is 0 Å². The van der Waals surface area contributed by atoms with Crippen LogP contribution in [0.15, 0.2) is 12.7 Å². The summed E-state index contributed by atoms with van der Waals surface area (Å²) in [6.45, 7) is -0.347. The molecule has 0 saturated heterocycles. The summed E-state index contributed by atoms with van der Waals surface area (Å²) < 4.78 is 1.21. The molecule has 1 radical (unpaired) electrons. The van der Waals surface area contributed by atoms with Crippen molar-refractivity contribution < 1.29 is 5.11 Å². The molecule has 1 aromatic heterocycles. The smallest absolute Gasteiger partial charge is 0.175 e. The summed E-state index contributed by atoms with van der Waals surface area (Å²) in [7, 11) is 0. The van der Waals surface area contributed by atoms with E-state index in [0.717, 1.165) is 0 Å². The van der Waals surface area contributed by atoms with Crippen molar-refractivity contribution in [1.29, 1.82) is 0 Å². The minimum absolute atomic E-state index is 0.347. The molecule has 0 aliphatic rings. The van der Waals surface area contributed by atoms with Gasteiger partial charge in [0.25, 0.3) is 0 Å². The van der Waals surface area contributed by atoms with Crippen LogP contribution in [0.1, 0.15) is 0 Å². The highest BCUT2D eigenvalue weighted by Crippen LogP contribution is 1.72. The standard InChI is InChI=1S/C3H4N3O/c7-3-6-2-4-1-5-6/h1-2H,3H2. The summed E-state index contributed by atoms with van der Waals surface area (Å²) in [4.78, 5) is 3.54. The zero-order valence-corrected chi connectivity index (χ0v) is 3.61. The van der Waals surface area contributed by atoms with Crippen molar-refractivity contribution in [3.63, 3.8) is 0 Å². The Morgan fingerprint density at radius 3 is 2.86 bits per heavy atom. The van der Waals surface area contributed by atoms with Crippen LogP contribution in [0.5, 0.6) is 0 Å². The van der Waals surface area contributed by atoms with Crippen LogP contribution in [-0.4, -0.2) is 14.8 Å². The Labute approximate surface area is 40.4 Å². The minimum Gasteiger partial charge on any atom is -0.224 e. The van der Waals surface area contributed by atoms with Crippen molar-refractivity contribution in [2.75, 3.05) is 0 Å². The van der Waals surface area contributed by atoms with Gasteiger partial charge in [-0.3, -0.25) is 0 Å². The lowest BCUT2D eigenvalue weighted by molar-refractivity contribution is 0.108. The lowest BCUT2D eigenvalue weighted by Gasteiger charge is -1.82. The molecule has 0 fully saturated rings. The molecule has 0 saturated carbocycles. The van der Waals surface area contributed by atoms with Crippen molar-refractivity contribution in [3.05, 3.63) is 12.7 Å². The summed E-state index contributed by atoms with van der Waals surface area (Å²) in [6.07, 6.45) is 2.71. The van der Waals surface area contributed by atoms with Crippen molar-refractivity contribution in [2.45, 2.75) is 6.73 Å². The molecule has 0 aliphatic heterocycles. The quantitative estimate of drug-likeness (QED) is 0.482. The Balaban J connectivity index is 2.76. The van der Waals surface area contributed by atoms with Gasteiger partial charge in [-0.15, -0.1) is 0 Å². The van der Waals surface area contributed by atoms with Gasteiger partial charge in [0.1, 0.15) is 12.7 Å². The molecule has 0 N–H and O–H groups in total. The number of aromatic nitrogens is 3. The van der Waals surface area contributed by atoms with Crippen LogP contribution < -0.4 is 0 Å². The maximum atomic E-state index is 9.85. The van der Waals surface area contributed by atoms with Gasteiger partial charge in [-0.2, -0.15) is 5.10 Å². The van der Waals surface area contributed by atoms with Crippen LogP contribution in [0.4, 0.5) is 0 Å². The molecule has 0 amide bonds. The average Bonchev–Trinajstić information content (AvgIpc) is 2.14. The monoisotopic (exact) mass is 98.0 g/mol. The molecule has 0 bridgehead atoms. The van der Waals surface area contributed by atoms with E-state index in [1.807, 2.05) is 0 Å². The Hall–Kier alpha value is -0.900. The van der Waals surface area contributed by atoms with Gasteiger partial charge in [0.05, 0.1) is 0 Å². The predicted molar refractivity (Wildman–Crippen MR) is 20.7 cm³/mol. The minimum atomic E-state index is -0.347. The molecular weight excluding hydrogens is 94.1 g/mol. The molecule has 4 heteroatoms. The van der Waals surface area contributed by atoms with Crippen LogP contribution in [0.2, 0.25) is 0 Å². The largest absolute Gasteiger partial charge is 0.224 e. The van der Waals surface area contributed by atoms with Crippen LogP contribution in [-0.2, 0) is 11.8 Å². The fraction of sp³-hybridized carbons (Fsp3) is 0.333. The van der Waals surface area contributed by atoms with E-state index in [-0.39, 0.29) is 6.73 Å². The van der Waals surface area contributed by atoms with E-state index in [2.05, 4.69) is 10.1 Å². The van der Waals surface area contributed by atoms with Crippen molar-refractivity contribution >= 4 is 0 Å². The third-order valence-electron chi connectivity index (χ3n) is 0.599. The Morgan fingerprint density at radius 2 is 2.57 bits per heavy atom. The molecule has 7 heavy (non-hydrogen) atoms. The molecule has 0 aromatic carbocycles. The van der Waals surface area contributed by atoms with Gasteiger partial charge in [-0.1, -0.05) is 0 Å². The fourth-order valence-corrected chi connectivity index (χ4v) is 0.299. The zero-order chi connectivity index (χ0) is 5.11. The normalized spacial score (nSPS) is 9.29. The van der Waals surface area contributed by atoms with E-state index in [9.17, 15) is 5.11 Å². The third kappa shape index (κ3) is 0.747. The van der Waals surface area contributed by atoms with Crippen molar-refractivity contribution in [3.8, 4) is 0 Å². The van der Waals surface area contributed by atoms with Gasteiger partial charge in [0, 0.05) is 0 Å². The van der Waals surface area contributed by atoms with E-state index in [1.165, 1.54) is 17.3 Å². The first-order valence-corrected chi connectivity index (χ1v) is 1.84. The fourth-order valence-electron chi connectivity index (χ4n) is 0.299. The van der Waals surface area contributed by atoms with Gasteiger partial charge >= 0.3 is 0 Å². The van der Waals surface area contributed by atoms with E-state index in [4.69, 9.17) is 0 Å². The summed E-state index contributed by atoms with van der Waals surface area (Å²) in [5, 5.41) is 13.4. The number of hydrogen-bond donors (Lipinski definition) is 0. The topological polar surface area (TPSA) is 50.6 Å². The van der Waals surface area contributed by atoms with E-state index < -0.39 is 0 Å². The lowest BCUT2D eigenvalue weighted by atomic mass is 11.2. The Bertz CT molecular complexity index is 125. The second-order valence-corrected chi connectivity index (χ2v) is 1.06. The highest BCUT2D eigenvalue weighted by Gasteiger charge is 1.81. The first kappa shape index (κ1) is 4.26. The molecule has 0 aliphatic carbocycles. The third-order valence-corrected chi connectivity index (χ3v) is 0.599. The Kier molecular flexibility index (Phi) is 1.04. The summed E-state index contributed by atoms with van der Waals surface area (Å²) >= 11 is 0. The van der Waals surface area contributed by atoms with Crippen molar-refractivity contribution in [2.24, 2.45) is 0 Å². The van der Waals surface area contributed by atoms with Gasteiger partial charge in [-0.05, 0) is 0 Å². The predicted octanol–water partition coefficient (Wildman–Crippen LogP) is -0.334. The molecule has 0 spiro atoms. The molecule has 37 valence electrons. The average molecular weight is 98.1 g/mol. The van der Waals surface area contributed by atoms with Crippen molar-refractivity contribution in [1.82, 2.24) is 14.8 Å². The Morgan fingerprint density at radius 1 is 1.71 bits per heavy atom. The zero-order valence-electron chi connectivity index (χ0n) is 3.61. The SMILES string of the molecule is [O]Cn1cncn1. The summed E-state index contributed by atoms with van der Waals surface area (Å²) in [6, 6.07) is 0. The molecule has 1 rings (SSSR count).